The van der Waals surface area contributed by atoms with E-state index in [-0.39, 0.29) is 25.5 Å². The van der Waals surface area contributed by atoms with Crippen LogP contribution in [0, 0.1) is 13.0 Å². The molecule has 0 amide bonds. The topological polar surface area (TPSA) is 12.9 Å². The van der Waals surface area contributed by atoms with Gasteiger partial charge in [-0.2, -0.15) is 6.07 Å². The Hall–Kier alpha value is -0.266. The van der Waals surface area contributed by atoms with Crippen molar-refractivity contribution in [3.8, 4) is 0 Å². The Morgan fingerprint density at radius 1 is 1.88 bits per heavy atom. The standard InChI is InChI=1S/C6H6N.V/c1-6-4-2-3-5-7-6;/h2-3,5H,1H3;/q-1;/i1D;. The molecule has 0 fully saturated rings. The number of aryl methyl sites for hydroxylation is 1. The van der Waals surface area contributed by atoms with E-state index in [2.05, 4.69) is 11.1 Å². The van der Waals surface area contributed by atoms with Crippen LogP contribution in [0.1, 0.15) is 7.06 Å². The van der Waals surface area contributed by atoms with Crippen LogP contribution in [0.5, 0.6) is 0 Å². The summed E-state index contributed by atoms with van der Waals surface area (Å²) in [6.45, 7) is 0.223. The summed E-state index contributed by atoms with van der Waals surface area (Å²) >= 11 is 0. The van der Waals surface area contributed by atoms with Gasteiger partial charge in [0.05, 0.1) is 0 Å². The summed E-state index contributed by atoms with van der Waals surface area (Å²) in [5, 5.41) is 0. The molecule has 0 spiro atoms. The van der Waals surface area contributed by atoms with E-state index in [1.807, 2.05) is 0 Å². The molecule has 0 aromatic carbocycles. The van der Waals surface area contributed by atoms with Crippen molar-refractivity contribution >= 4 is 0 Å². The van der Waals surface area contributed by atoms with Crippen molar-refractivity contribution in [1.29, 1.82) is 0 Å². The van der Waals surface area contributed by atoms with Gasteiger partial charge in [0.2, 0.25) is 0 Å². The largest absolute Gasteiger partial charge is 0.301 e. The molecule has 1 rings (SSSR count). The molecule has 0 bridgehead atoms. The van der Waals surface area contributed by atoms with Crippen LogP contribution in [0.3, 0.4) is 0 Å². The molecule has 1 radical (unpaired) electrons. The zero-order valence-corrected chi connectivity index (χ0v) is 5.73. The fourth-order valence-corrected chi connectivity index (χ4v) is 0.358. The van der Waals surface area contributed by atoms with Crippen molar-refractivity contribution in [3.63, 3.8) is 0 Å². The molecule has 1 aromatic heterocycles. The molecule has 0 saturated heterocycles. The third kappa shape index (κ3) is 2.15. The first-order chi connectivity index (χ1) is 3.93. The second kappa shape index (κ2) is 3.70. The fourth-order valence-electron chi connectivity index (χ4n) is 0.358. The van der Waals surface area contributed by atoms with E-state index < -0.39 is 0 Å². The molecule has 0 atom stereocenters. The summed E-state index contributed by atoms with van der Waals surface area (Å²) in [7, 11) is 0. The number of hydrogen-bond donors (Lipinski definition) is 0. The molecule has 1 heterocycles. The molecular formula is C6H6NV-. The van der Waals surface area contributed by atoms with Crippen LogP contribution in [0.25, 0.3) is 0 Å². The van der Waals surface area contributed by atoms with Gasteiger partial charge in [0.1, 0.15) is 0 Å². The van der Waals surface area contributed by atoms with Crippen molar-refractivity contribution < 1.29 is 19.9 Å². The van der Waals surface area contributed by atoms with Crippen molar-refractivity contribution in [2.45, 2.75) is 6.90 Å². The molecule has 1 nitrogen and oxygen atoms in total. The van der Waals surface area contributed by atoms with Crippen LogP contribution in [0.15, 0.2) is 18.3 Å². The molecule has 0 aliphatic carbocycles. The van der Waals surface area contributed by atoms with E-state index in [1.54, 1.807) is 18.3 Å². The first-order valence-corrected chi connectivity index (χ1v) is 2.04. The van der Waals surface area contributed by atoms with Crippen LogP contribution in [-0.4, -0.2) is 4.98 Å². The quantitative estimate of drug-likeness (QED) is 0.498. The van der Waals surface area contributed by atoms with Gasteiger partial charge in [-0.3, -0.25) is 0 Å². The number of nitrogens with zero attached hydrogens (tertiary/aromatic N) is 1. The normalized spacial score (nSPS) is 9.25. The third-order valence-electron chi connectivity index (χ3n) is 0.663. The molecule has 41 valence electrons. The second-order valence-corrected chi connectivity index (χ2v) is 1.23. The Bertz CT molecular complexity index is 154. The van der Waals surface area contributed by atoms with Crippen LogP contribution >= 0.6 is 0 Å². The third-order valence-corrected chi connectivity index (χ3v) is 0.663. The maximum Gasteiger partial charge on any atom is 0.0279 e. The molecule has 0 aliphatic heterocycles. The van der Waals surface area contributed by atoms with Crippen LogP contribution < -0.4 is 0 Å². The van der Waals surface area contributed by atoms with Gasteiger partial charge in [-0.15, -0.1) is 0 Å². The predicted molar refractivity (Wildman–Crippen MR) is 27.8 cm³/mol. The van der Waals surface area contributed by atoms with Gasteiger partial charge in [0, 0.05) is 19.9 Å². The SMILES string of the molecule is [2H]Cc1[c-]cccn1.[V]. The summed E-state index contributed by atoms with van der Waals surface area (Å²) in [5.74, 6) is 0. The number of rotatable bonds is 0. The number of aromatic nitrogens is 1. The summed E-state index contributed by atoms with van der Waals surface area (Å²) < 4.78 is 6.85. The average molecular weight is 144 g/mol. The number of pyridine rings is 1. The molecule has 2 heteroatoms. The fraction of sp³-hybridized carbons (Fsp3) is 0.167. The van der Waals surface area contributed by atoms with E-state index in [0.717, 1.165) is 0 Å². The van der Waals surface area contributed by atoms with Gasteiger partial charge in [-0.1, -0.05) is 11.9 Å². The Balaban J connectivity index is 0.000000640. The molecule has 1 aromatic rings. The Kier molecular flexibility index (Phi) is 2.71. The van der Waals surface area contributed by atoms with Gasteiger partial charge < -0.3 is 4.98 Å². The van der Waals surface area contributed by atoms with E-state index in [0.29, 0.717) is 5.69 Å². The summed E-state index contributed by atoms with van der Waals surface area (Å²) in [6.07, 6.45) is 1.67. The van der Waals surface area contributed by atoms with Crippen LogP contribution in [0.2, 0.25) is 0 Å². The van der Waals surface area contributed by atoms with E-state index >= 15 is 0 Å². The Labute approximate surface area is 62.4 Å². The van der Waals surface area contributed by atoms with Gasteiger partial charge >= 0.3 is 0 Å². The first kappa shape index (κ1) is 5.86. The maximum atomic E-state index is 6.85. The predicted octanol–water partition coefficient (Wildman–Crippen LogP) is 1.19. The summed E-state index contributed by atoms with van der Waals surface area (Å²) in [5.41, 5.74) is 0.701. The zero-order chi connectivity index (χ0) is 5.82. The molecule has 0 aliphatic rings. The smallest absolute Gasteiger partial charge is 0.0279 e. The molecule has 0 N–H and O–H groups in total. The van der Waals surface area contributed by atoms with Gasteiger partial charge in [-0.25, -0.2) is 12.1 Å². The zero-order valence-electron chi connectivity index (χ0n) is 5.33. The number of hydrogen-bond acceptors (Lipinski definition) is 1. The molecule has 8 heavy (non-hydrogen) atoms. The maximum absolute atomic E-state index is 6.85. The van der Waals surface area contributed by atoms with Gasteiger partial charge in [0.15, 0.2) is 0 Å². The minimum absolute atomic E-state index is 0. The molecular weight excluding hydrogens is 137 g/mol. The van der Waals surface area contributed by atoms with Crippen LogP contribution in [-0.2, 0) is 18.6 Å². The second-order valence-electron chi connectivity index (χ2n) is 1.23. The van der Waals surface area contributed by atoms with E-state index in [9.17, 15) is 0 Å². The monoisotopic (exact) mass is 144 g/mol. The molecule has 0 unspecified atom stereocenters. The van der Waals surface area contributed by atoms with Gasteiger partial charge in [0.25, 0.3) is 0 Å². The van der Waals surface area contributed by atoms with Crippen LogP contribution in [0.4, 0.5) is 0 Å². The van der Waals surface area contributed by atoms with Crippen molar-refractivity contribution in [3.05, 3.63) is 30.1 Å². The minimum Gasteiger partial charge on any atom is -0.301 e. The molecule has 0 saturated carbocycles. The van der Waals surface area contributed by atoms with Gasteiger partial charge in [-0.05, 0) is 6.90 Å². The van der Waals surface area contributed by atoms with Crippen molar-refractivity contribution in [1.82, 2.24) is 4.98 Å². The Morgan fingerprint density at radius 3 is 3.12 bits per heavy atom. The summed E-state index contributed by atoms with van der Waals surface area (Å²) in [4.78, 5) is 3.85. The van der Waals surface area contributed by atoms with E-state index in [1.165, 1.54) is 0 Å². The first-order valence-electron chi connectivity index (χ1n) is 2.75. The van der Waals surface area contributed by atoms with Crippen molar-refractivity contribution in [2.24, 2.45) is 0 Å². The average Bonchev–Trinajstić information content (AvgIpc) is 1.90. The minimum atomic E-state index is 0. The van der Waals surface area contributed by atoms with Crippen molar-refractivity contribution in [2.75, 3.05) is 0 Å². The Morgan fingerprint density at radius 2 is 2.75 bits per heavy atom. The van der Waals surface area contributed by atoms with E-state index in [4.69, 9.17) is 1.37 Å². The summed E-state index contributed by atoms with van der Waals surface area (Å²) in [6, 6.07) is 6.37.